The maximum atomic E-state index is 13.6. The van der Waals surface area contributed by atoms with E-state index in [0.717, 1.165) is 66.1 Å². The first-order valence-electron chi connectivity index (χ1n) is 11.4. The Morgan fingerprint density at radius 2 is 1.51 bits per heavy atom. The molecule has 0 bridgehead atoms. The highest BCUT2D eigenvalue weighted by Gasteiger charge is 2.21. The fourth-order valence-electron chi connectivity index (χ4n) is 4.59. The van der Waals surface area contributed by atoms with Gasteiger partial charge in [0.05, 0.1) is 11.4 Å². The quantitative estimate of drug-likeness (QED) is 0.345. The Balaban J connectivity index is 0.00000289. The van der Waals surface area contributed by atoms with Crippen LogP contribution in [0.4, 0.5) is 4.39 Å². The summed E-state index contributed by atoms with van der Waals surface area (Å²) in [5.41, 5.74) is 3.48. The maximum Gasteiger partial charge on any atom is 0.175 e. The van der Waals surface area contributed by atoms with E-state index < -0.39 is 9.84 Å². The van der Waals surface area contributed by atoms with Crippen molar-refractivity contribution in [3.8, 4) is 11.1 Å². The van der Waals surface area contributed by atoms with Crippen molar-refractivity contribution in [3.05, 3.63) is 89.9 Å². The van der Waals surface area contributed by atoms with Gasteiger partial charge in [-0.1, -0.05) is 36.4 Å². The molecule has 1 aliphatic rings. The van der Waals surface area contributed by atoms with Crippen LogP contribution in [-0.2, 0) is 22.9 Å². The molecule has 0 spiro atoms. The van der Waals surface area contributed by atoms with E-state index in [9.17, 15) is 12.8 Å². The molecule has 0 radical (unpaired) electrons. The van der Waals surface area contributed by atoms with Gasteiger partial charge < -0.3 is 4.42 Å². The van der Waals surface area contributed by atoms with Gasteiger partial charge >= 0.3 is 0 Å². The van der Waals surface area contributed by atoms with Crippen LogP contribution in [-0.4, -0.2) is 50.7 Å². The molecular weight excluding hydrogens is 487 g/mol. The summed E-state index contributed by atoms with van der Waals surface area (Å²) < 4.78 is 43.8. The van der Waals surface area contributed by atoms with Gasteiger partial charge in [0.25, 0.3) is 0 Å². The molecule has 0 aliphatic carbocycles. The number of rotatable bonds is 6. The molecule has 0 amide bonds. The van der Waals surface area contributed by atoms with Crippen molar-refractivity contribution >= 4 is 33.2 Å². The summed E-state index contributed by atoms with van der Waals surface area (Å²) in [6.45, 7) is 4.84. The van der Waals surface area contributed by atoms with Crippen molar-refractivity contribution in [2.75, 3.05) is 32.4 Å². The van der Waals surface area contributed by atoms with Gasteiger partial charge in [0, 0.05) is 44.4 Å². The van der Waals surface area contributed by atoms with E-state index in [1.165, 1.54) is 18.4 Å². The first-order chi connectivity index (χ1) is 16.3. The number of piperazine rings is 1. The lowest BCUT2D eigenvalue weighted by Crippen LogP contribution is -2.45. The Kier molecular flexibility index (Phi) is 7.62. The molecule has 1 saturated heterocycles. The van der Waals surface area contributed by atoms with Crippen molar-refractivity contribution in [3.63, 3.8) is 0 Å². The molecule has 3 aromatic carbocycles. The third-order valence-electron chi connectivity index (χ3n) is 6.34. The zero-order valence-corrected chi connectivity index (χ0v) is 21.1. The van der Waals surface area contributed by atoms with Crippen LogP contribution in [0.1, 0.15) is 11.3 Å². The van der Waals surface area contributed by atoms with Gasteiger partial charge in [-0.15, -0.1) is 12.4 Å². The predicted octanol–water partition coefficient (Wildman–Crippen LogP) is 5.38. The van der Waals surface area contributed by atoms with Crippen LogP contribution in [0, 0.1) is 5.82 Å². The van der Waals surface area contributed by atoms with E-state index in [1.54, 1.807) is 18.2 Å². The fourth-order valence-corrected chi connectivity index (χ4v) is 5.52. The minimum Gasteiger partial charge on any atom is -0.460 e. The molecule has 0 unspecified atom stereocenters. The van der Waals surface area contributed by atoms with Crippen molar-refractivity contribution in [2.45, 2.75) is 18.0 Å². The first-order valence-corrected chi connectivity index (χ1v) is 13.3. The average molecular weight is 515 g/mol. The van der Waals surface area contributed by atoms with E-state index in [2.05, 4.69) is 15.9 Å². The van der Waals surface area contributed by atoms with Crippen molar-refractivity contribution in [1.82, 2.24) is 9.80 Å². The molecule has 5 rings (SSSR count). The molecule has 1 aromatic heterocycles. The predicted molar refractivity (Wildman–Crippen MR) is 139 cm³/mol. The highest BCUT2D eigenvalue weighted by Crippen LogP contribution is 2.28. The number of halogens is 2. The van der Waals surface area contributed by atoms with Gasteiger partial charge in [-0.25, -0.2) is 12.8 Å². The monoisotopic (exact) mass is 514 g/mol. The molecule has 0 atom stereocenters. The molecule has 184 valence electrons. The lowest BCUT2D eigenvalue weighted by Gasteiger charge is -2.34. The maximum absolute atomic E-state index is 13.6. The van der Waals surface area contributed by atoms with Gasteiger partial charge in [-0.2, -0.15) is 0 Å². The Morgan fingerprint density at radius 1 is 0.829 bits per heavy atom. The van der Waals surface area contributed by atoms with E-state index in [-0.39, 0.29) is 18.2 Å². The first kappa shape index (κ1) is 25.4. The van der Waals surface area contributed by atoms with Crippen LogP contribution in [0.5, 0.6) is 0 Å². The molecule has 1 aliphatic heterocycles. The normalized spacial score (nSPS) is 15.3. The summed E-state index contributed by atoms with van der Waals surface area (Å²) in [5.74, 6) is 0.659. The molecule has 8 heteroatoms. The third-order valence-corrected chi connectivity index (χ3v) is 7.53. The van der Waals surface area contributed by atoms with Crippen molar-refractivity contribution in [2.24, 2.45) is 0 Å². The molecule has 4 aromatic rings. The van der Waals surface area contributed by atoms with Crippen LogP contribution in [0.2, 0.25) is 0 Å². The fraction of sp³-hybridized carbons (Fsp3) is 0.259. The van der Waals surface area contributed by atoms with Crippen LogP contribution in [0.3, 0.4) is 0 Å². The number of nitrogens with zero attached hydrogens (tertiary/aromatic N) is 2. The number of hydrogen-bond donors (Lipinski definition) is 0. The Morgan fingerprint density at radius 3 is 2.23 bits per heavy atom. The van der Waals surface area contributed by atoms with E-state index >= 15 is 0 Å². The number of benzene rings is 3. The second kappa shape index (κ2) is 10.5. The van der Waals surface area contributed by atoms with Gasteiger partial charge in [0.1, 0.15) is 17.2 Å². The molecule has 2 heterocycles. The number of furan rings is 1. The van der Waals surface area contributed by atoms with Crippen LogP contribution < -0.4 is 0 Å². The third kappa shape index (κ3) is 5.93. The van der Waals surface area contributed by atoms with E-state index in [4.69, 9.17) is 4.42 Å². The zero-order chi connectivity index (χ0) is 23.7. The standard InChI is InChI=1S/C27H27FN2O3S.ClH/c1-34(31,32)27-8-3-2-5-22(27)18-29-11-13-30(14-12-29)19-25-17-23-15-21(9-10-26(23)33-25)20-6-4-7-24(28)16-20;/h2-10,15-17H,11-14,18-19H2,1H3;1H. The highest BCUT2D eigenvalue weighted by atomic mass is 35.5. The molecule has 0 N–H and O–H groups in total. The largest absolute Gasteiger partial charge is 0.460 e. The van der Waals surface area contributed by atoms with Crippen LogP contribution in [0.15, 0.2) is 82.1 Å². The SMILES string of the molecule is CS(=O)(=O)c1ccccc1CN1CCN(Cc2cc3cc(-c4cccc(F)c4)ccc3o2)CC1.Cl. The Bertz CT molecular complexity index is 1430. The van der Waals surface area contributed by atoms with Gasteiger partial charge in [0.15, 0.2) is 9.84 Å². The van der Waals surface area contributed by atoms with Gasteiger partial charge in [-0.05, 0) is 53.1 Å². The van der Waals surface area contributed by atoms with E-state index in [1.807, 2.05) is 36.4 Å². The van der Waals surface area contributed by atoms with Crippen molar-refractivity contribution < 1.29 is 17.2 Å². The van der Waals surface area contributed by atoms with Crippen LogP contribution >= 0.6 is 12.4 Å². The summed E-state index contributed by atoms with van der Waals surface area (Å²) in [6, 6.07) is 21.8. The molecule has 1 fully saturated rings. The molecule has 5 nitrogen and oxygen atoms in total. The summed E-state index contributed by atoms with van der Waals surface area (Å²) in [7, 11) is -3.24. The minimum atomic E-state index is -3.24. The topological polar surface area (TPSA) is 53.8 Å². The van der Waals surface area contributed by atoms with Crippen LogP contribution in [0.25, 0.3) is 22.1 Å². The van der Waals surface area contributed by atoms with Gasteiger partial charge in [0.2, 0.25) is 0 Å². The summed E-state index contributed by atoms with van der Waals surface area (Å²) in [4.78, 5) is 5.06. The number of hydrogen-bond acceptors (Lipinski definition) is 5. The molecular formula is C27H28ClFN2O3S. The molecule has 0 saturated carbocycles. The number of sulfone groups is 1. The Labute approximate surface area is 211 Å². The Hall–Kier alpha value is -2.71. The lowest BCUT2D eigenvalue weighted by atomic mass is 10.0. The zero-order valence-electron chi connectivity index (χ0n) is 19.5. The summed E-state index contributed by atoms with van der Waals surface area (Å²) in [5, 5.41) is 1.01. The number of fused-ring (bicyclic) bond motifs is 1. The average Bonchev–Trinajstić information content (AvgIpc) is 3.21. The highest BCUT2D eigenvalue weighted by molar-refractivity contribution is 7.90. The second-order valence-electron chi connectivity index (χ2n) is 8.91. The smallest absolute Gasteiger partial charge is 0.175 e. The lowest BCUT2D eigenvalue weighted by molar-refractivity contribution is 0.116. The molecule has 35 heavy (non-hydrogen) atoms. The summed E-state index contributed by atoms with van der Waals surface area (Å²) >= 11 is 0. The van der Waals surface area contributed by atoms with Gasteiger partial charge in [-0.3, -0.25) is 9.80 Å². The summed E-state index contributed by atoms with van der Waals surface area (Å²) in [6.07, 6.45) is 1.26. The minimum absolute atomic E-state index is 0. The second-order valence-corrected chi connectivity index (χ2v) is 10.9. The van der Waals surface area contributed by atoms with Crippen molar-refractivity contribution in [1.29, 1.82) is 0 Å². The van der Waals surface area contributed by atoms with E-state index in [0.29, 0.717) is 11.4 Å².